The van der Waals surface area contributed by atoms with Crippen molar-refractivity contribution in [2.24, 2.45) is 11.7 Å². The summed E-state index contributed by atoms with van der Waals surface area (Å²) < 4.78 is 0. The number of pyridine rings is 1. The highest BCUT2D eigenvalue weighted by Crippen LogP contribution is 2.26. The zero-order valence-corrected chi connectivity index (χ0v) is 11.4. The van der Waals surface area contributed by atoms with Gasteiger partial charge in [-0.3, -0.25) is 0 Å². The summed E-state index contributed by atoms with van der Waals surface area (Å²) in [6.07, 6.45) is 9.77. The average Bonchev–Trinajstić information content (AvgIpc) is 2.41. The van der Waals surface area contributed by atoms with E-state index >= 15 is 0 Å². The van der Waals surface area contributed by atoms with Crippen molar-refractivity contribution in [1.82, 2.24) is 4.98 Å². The quantitative estimate of drug-likeness (QED) is 0.869. The summed E-state index contributed by atoms with van der Waals surface area (Å²) in [7, 11) is 2.16. The lowest BCUT2D eigenvalue weighted by atomic mass is 9.89. The zero-order valence-electron chi connectivity index (χ0n) is 11.4. The lowest BCUT2D eigenvalue weighted by Crippen LogP contribution is -2.28. The minimum atomic E-state index is 0.690. The Kier molecular flexibility index (Phi) is 5.00. The summed E-state index contributed by atoms with van der Waals surface area (Å²) in [6.45, 7) is 1.82. The Labute approximate surface area is 110 Å². The molecule has 0 bridgehead atoms. The van der Waals surface area contributed by atoms with E-state index in [1.165, 1.54) is 37.7 Å². The van der Waals surface area contributed by atoms with E-state index < -0.39 is 0 Å². The Morgan fingerprint density at radius 3 is 2.83 bits per heavy atom. The van der Waals surface area contributed by atoms with Gasteiger partial charge < -0.3 is 10.6 Å². The maximum atomic E-state index is 5.67. The van der Waals surface area contributed by atoms with Crippen molar-refractivity contribution < 1.29 is 0 Å². The molecule has 0 radical (unpaired) electrons. The molecule has 1 aromatic heterocycles. The molecule has 2 rings (SSSR count). The molecule has 1 aliphatic carbocycles. The summed E-state index contributed by atoms with van der Waals surface area (Å²) >= 11 is 0. The first kappa shape index (κ1) is 13.3. The molecule has 0 amide bonds. The number of aromatic nitrogens is 1. The fraction of sp³-hybridized carbons (Fsp3) is 0.667. The molecule has 0 spiro atoms. The number of nitrogens with zero attached hydrogens (tertiary/aromatic N) is 2. The zero-order chi connectivity index (χ0) is 12.8. The Morgan fingerprint density at radius 2 is 2.11 bits per heavy atom. The fourth-order valence-electron chi connectivity index (χ4n) is 2.97. The van der Waals surface area contributed by atoms with Crippen molar-refractivity contribution in [3.05, 3.63) is 23.9 Å². The molecule has 0 aromatic carbocycles. The number of nitrogens with two attached hydrogens (primary N) is 1. The molecule has 18 heavy (non-hydrogen) atoms. The molecule has 0 aliphatic heterocycles. The molecule has 3 nitrogen and oxygen atoms in total. The van der Waals surface area contributed by atoms with E-state index in [9.17, 15) is 0 Å². The van der Waals surface area contributed by atoms with Crippen LogP contribution >= 0.6 is 0 Å². The Morgan fingerprint density at radius 1 is 1.33 bits per heavy atom. The molecule has 1 aliphatic rings. The smallest absolute Gasteiger partial charge is 0.131 e. The van der Waals surface area contributed by atoms with E-state index in [-0.39, 0.29) is 0 Å². The maximum Gasteiger partial charge on any atom is 0.131 e. The van der Waals surface area contributed by atoms with Crippen LogP contribution in [0.3, 0.4) is 0 Å². The van der Waals surface area contributed by atoms with E-state index in [4.69, 9.17) is 5.73 Å². The highest BCUT2D eigenvalue weighted by atomic mass is 15.2. The van der Waals surface area contributed by atoms with Gasteiger partial charge in [0.25, 0.3) is 0 Å². The Bertz CT molecular complexity index is 359. The van der Waals surface area contributed by atoms with E-state index in [2.05, 4.69) is 23.0 Å². The Balaban J connectivity index is 2.00. The van der Waals surface area contributed by atoms with Crippen LogP contribution in [0.15, 0.2) is 18.3 Å². The molecular weight excluding hydrogens is 222 g/mol. The third-order valence-electron chi connectivity index (χ3n) is 3.90. The molecular formula is C15H25N3. The second-order valence-electron chi connectivity index (χ2n) is 5.41. The average molecular weight is 247 g/mol. The highest BCUT2D eigenvalue weighted by molar-refractivity contribution is 5.46. The van der Waals surface area contributed by atoms with Crippen LogP contribution in [0, 0.1) is 5.92 Å². The van der Waals surface area contributed by atoms with Crippen molar-refractivity contribution in [1.29, 1.82) is 0 Å². The number of rotatable bonds is 5. The van der Waals surface area contributed by atoms with E-state index in [0.29, 0.717) is 6.54 Å². The minimum Gasteiger partial charge on any atom is -0.359 e. The van der Waals surface area contributed by atoms with Crippen LogP contribution < -0.4 is 10.6 Å². The van der Waals surface area contributed by atoms with Crippen LogP contribution in [0.4, 0.5) is 5.82 Å². The highest BCUT2D eigenvalue weighted by Gasteiger charge is 2.17. The largest absolute Gasteiger partial charge is 0.359 e. The van der Waals surface area contributed by atoms with Crippen LogP contribution in [0.5, 0.6) is 0 Å². The van der Waals surface area contributed by atoms with Gasteiger partial charge in [-0.1, -0.05) is 25.3 Å². The number of hydrogen-bond acceptors (Lipinski definition) is 3. The van der Waals surface area contributed by atoms with Crippen molar-refractivity contribution >= 4 is 5.82 Å². The summed E-state index contributed by atoms with van der Waals surface area (Å²) in [4.78, 5) is 6.85. The van der Waals surface area contributed by atoms with Gasteiger partial charge in [0.1, 0.15) is 5.82 Å². The van der Waals surface area contributed by atoms with Gasteiger partial charge in [-0.15, -0.1) is 0 Å². The first-order valence-corrected chi connectivity index (χ1v) is 7.16. The summed E-state index contributed by atoms with van der Waals surface area (Å²) in [5, 5.41) is 0. The summed E-state index contributed by atoms with van der Waals surface area (Å²) in [5.41, 5.74) is 6.94. The SMILES string of the molecule is CN(CC1CCCCC1)c1ncccc1CCN. The van der Waals surface area contributed by atoms with Gasteiger partial charge in [0, 0.05) is 19.8 Å². The third kappa shape index (κ3) is 3.45. The summed E-state index contributed by atoms with van der Waals surface area (Å²) in [6, 6.07) is 4.15. The third-order valence-corrected chi connectivity index (χ3v) is 3.90. The van der Waals surface area contributed by atoms with Crippen LogP contribution in [-0.4, -0.2) is 25.1 Å². The van der Waals surface area contributed by atoms with Crippen LogP contribution in [0.25, 0.3) is 0 Å². The minimum absolute atomic E-state index is 0.690. The molecule has 0 saturated heterocycles. The summed E-state index contributed by atoms with van der Waals surface area (Å²) in [5.74, 6) is 1.96. The van der Waals surface area contributed by atoms with E-state index in [1.54, 1.807) is 0 Å². The van der Waals surface area contributed by atoms with Gasteiger partial charge in [0.15, 0.2) is 0 Å². The molecule has 0 unspecified atom stereocenters. The molecule has 0 atom stereocenters. The normalized spacial score (nSPS) is 16.8. The molecule has 1 heterocycles. The Hall–Kier alpha value is -1.09. The molecule has 1 saturated carbocycles. The van der Waals surface area contributed by atoms with Crippen LogP contribution in [-0.2, 0) is 6.42 Å². The standard InChI is InChI=1S/C15H25N3/c1-18(12-13-6-3-2-4-7-13)15-14(9-10-16)8-5-11-17-15/h5,8,11,13H,2-4,6-7,9-10,12,16H2,1H3. The predicted molar refractivity (Wildman–Crippen MR) is 76.8 cm³/mol. The van der Waals surface area contributed by atoms with Crippen molar-refractivity contribution in [2.75, 3.05) is 25.0 Å². The molecule has 2 N–H and O–H groups in total. The van der Waals surface area contributed by atoms with Gasteiger partial charge in [-0.25, -0.2) is 4.98 Å². The van der Waals surface area contributed by atoms with Crippen LogP contribution in [0.2, 0.25) is 0 Å². The van der Waals surface area contributed by atoms with E-state index in [1.807, 2.05) is 12.3 Å². The molecule has 100 valence electrons. The van der Waals surface area contributed by atoms with Crippen molar-refractivity contribution in [3.8, 4) is 0 Å². The molecule has 1 aromatic rings. The van der Waals surface area contributed by atoms with E-state index in [0.717, 1.165) is 24.7 Å². The molecule has 1 fully saturated rings. The van der Waals surface area contributed by atoms with Gasteiger partial charge in [-0.2, -0.15) is 0 Å². The lowest BCUT2D eigenvalue weighted by Gasteiger charge is -2.28. The monoisotopic (exact) mass is 247 g/mol. The number of anilines is 1. The first-order valence-electron chi connectivity index (χ1n) is 7.16. The predicted octanol–water partition coefficient (Wildman–Crippen LogP) is 2.60. The first-order chi connectivity index (χ1) is 8.81. The second kappa shape index (κ2) is 6.74. The topological polar surface area (TPSA) is 42.2 Å². The van der Waals surface area contributed by atoms with Crippen molar-refractivity contribution in [2.45, 2.75) is 38.5 Å². The fourth-order valence-corrected chi connectivity index (χ4v) is 2.97. The maximum absolute atomic E-state index is 5.67. The lowest BCUT2D eigenvalue weighted by molar-refractivity contribution is 0.361. The van der Waals surface area contributed by atoms with Crippen LogP contribution in [0.1, 0.15) is 37.7 Å². The second-order valence-corrected chi connectivity index (χ2v) is 5.41. The number of hydrogen-bond donors (Lipinski definition) is 1. The van der Waals surface area contributed by atoms with Gasteiger partial charge in [0.2, 0.25) is 0 Å². The van der Waals surface area contributed by atoms with Gasteiger partial charge in [-0.05, 0) is 43.4 Å². The van der Waals surface area contributed by atoms with Gasteiger partial charge >= 0.3 is 0 Å². The van der Waals surface area contributed by atoms with Gasteiger partial charge in [0.05, 0.1) is 0 Å². The molecule has 3 heteroatoms. The van der Waals surface area contributed by atoms with Crippen molar-refractivity contribution in [3.63, 3.8) is 0 Å².